The minimum atomic E-state index is -3.53. The van der Waals surface area contributed by atoms with Gasteiger partial charge in [0.2, 0.25) is 15.9 Å². The molecule has 0 saturated carbocycles. The van der Waals surface area contributed by atoms with E-state index in [1.165, 1.54) is 0 Å². The maximum absolute atomic E-state index is 12.6. The van der Waals surface area contributed by atoms with Gasteiger partial charge in [-0.3, -0.25) is 4.79 Å². The quantitative estimate of drug-likeness (QED) is 0.628. The molecule has 9 heteroatoms. The molecule has 1 N–H and O–H groups in total. The molecule has 1 aliphatic rings. The average Bonchev–Trinajstić information content (AvgIpc) is 3.41. The number of amides is 1. The van der Waals surface area contributed by atoms with E-state index in [9.17, 15) is 13.2 Å². The molecule has 0 bridgehead atoms. The second-order valence-electron chi connectivity index (χ2n) is 6.92. The van der Waals surface area contributed by atoms with Crippen molar-refractivity contribution in [1.82, 2.24) is 14.6 Å². The number of carbonyl (C=O) groups excluding carboxylic acids is 1. The fourth-order valence-electron chi connectivity index (χ4n) is 3.31. The molecule has 1 saturated heterocycles. The molecule has 4 rings (SSSR count). The monoisotopic (exact) mass is 447 g/mol. The van der Waals surface area contributed by atoms with Crippen molar-refractivity contribution in [3.63, 3.8) is 0 Å². The van der Waals surface area contributed by atoms with Crippen molar-refractivity contribution >= 4 is 38.6 Å². The molecule has 1 amide bonds. The highest BCUT2D eigenvalue weighted by atomic mass is 32.2. The van der Waals surface area contributed by atoms with E-state index in [-0.39, 0.29) is 23.3 Å². The van der Waals surface area contributed by atoms with Crippen molar-refractivity contribution in [2.75, 3.05) is 13.1 Å². The fraction of sp³-hybridized carbons (Fsp3) is 0.300. The third-order valence-electron chi connectivity index (χ3n) is 4.88. The Bertz CT molecular complexity index is 1050. The lowest BCUT2D eigenvalue weighted by atomic mass is 10.1. The van der Waals surface area contributed by atoms with Crippen molar-refractivity contribution in [1.29, 1.82) is 0 Å². The lowest BCUT2D eigenvalue weighted by molar-refractivity contribution is -0.131. The summed E-state index contributed by atoms with van der Waals surface area (Å²) in [6.07, 6.45) is 1.49. The number of sulfonamides is 1. The van der Waals surface area contributed by atoms with Crippen LogP contribution < -0.4 is 4.72 Å². The largest absolute Gasteiger partial charge is 0.342 e. The molecule has 1 fully saturated rings. The second-order valence-corrected chi connectivity index (χ2v) is 10.3. The summed E-state index contributed by atoms with van der Waals surface area (Å²) in [5, 5.41) is 6.93. The molecule has 152 valence electrons. The second kappa shape index (κ2) is 8.74. The number of hydrogen-bond acceptors (Lipinski definition) is 6. The Morgan fingerprint density at radius 2 is 1.90 bits per heavy atom. The molecule has 29 heavy (non-hydrogen) atoms. The fourth-order valence-corrected chi connectivity index (χ4v) is 6.17. The summed E-state index contributed by atoms with van der Waals surface area (Å²) in [5.74, 6) is 0.0385. The molecule has 0 atom stereocenters. The van der Waals surface area contributed by atoms with Crippen molar-refractivity contribution in [3.05, 3.63) is 58.2 Å². The molecule has 0 aliphatic carbocycles. The first-order valence-corrected chi connectivity index (χ1v) is 12.6. The van der Waals surface area contributed by atoms with Gasteiger partial charge < -0.3 is 4.90 Å². The van der Waals surface area contributed by atoms with Crippen LogP contribution in [0.25, 0.3) is 10.6 Å². The molecular formula is C20H21N3O3S3. The van der Waals surface area contributed by atoms with Crippen molar-refractivity contribution < 1.29 is 13.2 Å². The number of piperidine rings is 1. The summed E-state index contributed by atoms with van der Waals surface area (Å²) in [5.41, 5.74) is 1.87. The van der Waals surface area contributed by atoms with E-state index >= 15 is 0 Å². The average molecular weight is 448 g/mol. The van der Waals surface area contributed by atoms with Crippen LogP contribution in [0.1, 0.15) is 18.5 Å². The van der Waals surface area contributed by atoms with Crippen LogP contribution >= 0.6 is 22.7 Å². The first-order valence-electron chi connectivity index (χ1n) is 9.33. The number of benzene rings is 1. The SMILES string of the molecule is O=C(Cc1csc(-c2ccsc2)n1)N1CCC(NS(=O)(=O)c2ccccc2)CC1. The Hall–Kier alpha value is -2.07. The number of rotatable bonds is 6. The minimum Gasteiger partial charge on any atom is -0.342 e. The first kappa shape index (κ1) is 20.2. The van der Waals surface area contributed by atoms with Gasteiger partial charge in [-0.05, 0) is 36.4 Å². The molecule has 2 aromatic heterocycles. The number of thiophene rings is 1. The van der Waals surface area contributed by atoms with E-state index < -0.39 is 10.0 Å². The summed E-state index contributed by atoms with van der Waals surface area (Å²) in [6.45, 7) is 1.09. The summed E-state index contributed by atoms with van der Waals surface area (Å²) >= 11 is 3.17. The number of hydrogen-bond donors (Lipinski definition) is 1. The molecule has 0 radical (unpaired) electrons. The van der Waals surface area contributed by atoms with Gasteiger partial charge in [-0.2, -0.15) is 11.3 Å². The summed E-state index contributed by atoms with van der Waals surface area (Å²) in [6, 6.07) is 10.2. The van der Waals surface area contributed by atoms with Crippen molar-refractivity contribution in [3.8, 4) is 10.6 Å². The van der Waals surface area contributed by atoms with Crippen LogP contribution in [0.15, 0.2) is 57.4 Å². The van der Waals surface area contributed by atoms with Crippen LogP contribution in [-0.2, 0) is 21.2 Å². The Labute approximate surface area is 178 Å². The lowest BCUT2D eigenvalue weighted by Crippen LogP contribution is -2.46. The van der Waals surface area contributed by atoms with Crippen LogP contribution in [-0.4, -0.2) is 43.3 Å². The number of likely N-dealkylation sites (tertiary alicyclic amines) is 1. The molecule has 1 aromatic carbocycles. The number of aromatic nitrogens is 1. The zero-order chi connectivity index (χ0) is 20.3. The van der Waals surface area contributed by atoms with Crippen molar-refractivity contribution in [2.45, 2.75) is 30.2 Å². The predicted molar refractivity (Wildman–Crippen MR) is 115 cm³/mol. The van der Waals surface area contributed by atoms with E-state index in [2.05, 4.69) is 9.71 Å². The summed E-state index contributed by atoms with van der Waals surface area (Å²) in [4.78, 5) is 19.3. The molecular weight excluding hydrogens is 426 g/mol. The van der Waals surface area contributed by atoms with E-state index in [1.807, 2.05) is 22.2 Å². The Morgan fingerprint density at radius 1 is 1.14 bits per heavy atom. The van der Waals surface area contributed by atoms with Crippen LogP contribution in [0.4, 0.5) is 0 Å². The third kappa shape index (κ3) is 4.92. The minimum absolute atomic E-state index is 0.0385. The van der Waals surface area contributed by atoms with E-state index in [0.29, 0.717) is 25.9 Å². The van der Waals surface area contributed by atoms with Gasteiger partial charge in [0.05, 0.1) is 17.0 Å². The maximum Gasteiger partial charge on any atom is 0.240 e. The van der Waals surface area contributed by atoms with Gasteiger partial charge in [0.15, 0.2) is 0 Å². The van der Waals surface area contributed by atoms with Gasteiger partial charge in [-0.25, -0.2) is 18.1 Å². The maximum atomic E-state index is 12.6. The standard InChI is InChI=1S/C20H21N3O3S3/c24-19(12-17-14-28-20(21-17)15-8-11-27-13-15)23-9-6-16(7-10-23)22-29(25,26)18-4-2-1-3-5-18/h1-5,8,11,13-14,16,22H,6-7,9-10,12H2. The molecule has 0 unspecified atom stereocenters. The van der Waals surface area contributed by atoms with Gasteiger partial charge >= 0.3 is 0 Å². The van der Waals surface area contributed by atoms with Crippen LogP contribution in [0, 0.1) is 0 Å². The van der Waals surface area contributed by atoms with Crippen molar-refractivity contribution in [2.24, 2.45) is 0 Å². The topological polar surface area (TPSA) is 79.4 Å². The highest BCUT2D eigenvalue weighted by Crippen LogP contribution is 2.26. The number of nitrogens with one attached hydrogen (secondary N) is 1. The van der Waals surface area contributed by atoms with Crippen LogP contribution in [0.3, 0.4) is 0 Å². The molecule has 3 heterocycles. The highest BCUT2D eigenvalue weighted by molar-refractivity contribution is 7.89. The van der Waals surface area contributed by atoms with Gasteiger partial charge in [-0.15, -0.1) is 11.3 Å². The molecule has 1 aliphatic heterocycles. The van der Waals surface area contributed by atoms with E-state index in [4.69, 9.17) is 0 Å². The van der Waals surface area contributed by atoms with Crippen LogP contribution in [0.2, 0.25) is 0 Å². The Kier molecular flexibility index (Phi) is 6.09. The van der Waals surface area contributed by atoms with E-state index in [0.717, 1.165) is 16.3 Å². The van der Waals surface area contributed by atoms with Gasteiger partial charge in [0.25, 0.3) is 0 Å². The zero-order valence-electron chi connectivity index (χ0n) is 15.7. The van der Waals surface area contributed by atoms with Crippen LogP contribution in [0.5, 0.6) is 0 Å². The Morgan fingerprint density at radius 3 is 2.59 bits per heavy atom. The number of nitrogens with zero attached hydrogens (tertiary/aromatic N) is 2. The summed E-state index contributed by atoms with van der Waals surface area (Å²) < 4.78 is 27.7. The smallest absolute Gasteiger partial charge is 0.240 e. The summed E-state index contributed by atoms with van der Waals surface area (Å²) in [7, 11) is -3.53. The predicted octanol–water partition coefficient (Wildman–Crippen LogP) is 3.38. The number of carbonyl (C=O) groups is 1. The van der Waals surface area contributed by atoms with Gasteiger partial charge in [-0.1, -0.05) is 18.2 Å². The first-order chi connectivity index (χ1) is 14.0. The molecule has 6 nitrogen and oxygen atoms in total. The zero-order valence-corrected chi connectivity index (χ0v) is 18.1. The third-order valence-corrected chi connectivity index (χ3v) is 8.04. The lowest BCUT2D eigenvalue weighted by Gasteiger charge is -2.32. The molecule has 3 aromatic rings. The van der Waals surface area contributed by atoms with Gasteiger partial charge in [0, 0.05) is 35.5 Å². The normalized spacial score (nSPS) is 15.5. The highest BCUT2D eigenvalue weighted by Gasteiger charge is 2.27. The van der Waals surface area contributed by atoms with E-state index in [1.54, 1.807) is 57.9 Å². The molecule has 0 spiro atoms. The van der Waals surface area contributed by atoms with Gasteiger partial charge in [0.1, 0.15) is 5.01 Å². The Balaban J connectivity index is 1.30. The number of thiazole rings is 1.